The van der Waals surface area contributed by atoms with Crippen molar-refractivity contribution in [2.75, 3.05) is 11.4 Å². The maximum absolute atomic E-state index is 12.9. The first-order valence-corrected chi connectivity index (χ1v) is 9.32. The highest BCUT2D eigenvalue weighted by Crippen LogP contribution is 2.41. The first-order chi connectivity index (χ1) is 12.6. The molecular formula is C22H24N2O2. The zero-order valence-electron chi connectivity index (χ0n) is 15.1. The van der Waals surface area contributed by atoms with Gasteiger partial charge < -0.3 is 10.2 Å². The van der Waals surface area contributed by atoms with Gasteiger partial charge in [0.2, 0.25) is 11.8 Å². The second kappa shape index (κ2) is 6.60. The number of nitrogens with one attached hydrogen (secondary N) is 1. The van der Waals surface area contributed by atoms with Gasteiger partial charge in [-0.15, -0.1) is 0 Å². The standard InChI is InChI=1S/C22H24N2O2/c1-16-8-10-19(11-9-16)24-15-17(14-20(24)25)21(26)23-22(12-5-13-22)18-6-3-2-4-7-18/h2-4,6-11,17H,5,12-15H2,1H3,(H,23,26). The Kier molecular flexibility index (Phi) is 4.27. The summed E-state index contributed by atoms with van der Waals surface area (Å²) in [6.45, 7) is 2.48. The molecule has 2 aromatic rings. The number of hydrogen-bond donors (Lipinski definition) is 1. The molecule has 26 heavy (non-hydrogen) atoms. The van der Waals surface area contributed by atoms with Crippen LogP contribution in [0.2, 0.25) is 0 Å². The Morgan fingerprint density at radius 3 is 2.38 bits per heavy atom. The summed E-state index contributed by atoms with van der Waals surface area (Å²) in [6, 6.07) is 18.1. The van der Waals surface area contributed by atoms with Gasteiger partial charge in [0.25, 0.3) is 0 Å². The van der Waals surface area contributed by atoms with E-state index < -0.39 is 0 Å². The van der Waals surface area contributed by atoms with E-state index in [1.807, 2.05) is 49.4 Å². The fourth-order valence-electron chi connectivity index (χ4n) is 3.97. The number of anilines is 1. The highest BCUT2D eigenvalue weighted by Gasteiger charge is 2.43. The van der Waals surface area contributed by atoms with Crippen molar-refractivity contribution in [3.8, 4) is 0 Å². The second-order valence-corrected chi connectivity index (χ2v) is 7.53. The molecule has 4 rings (SSSR count). The lowest BCUT2D eigenvalue weighted by Gasteiger charge is -2.43. The summed E-state index contributed by atoms with van der Waals surface area (Å²) in [5.41, 5.74) is 2.94. The van der Waals surface area contributed by atoms with Gasteiger partial charge in [0.05, 0.1) is 11.5 Å². The van der Waals surface area contributed by atoms with Crippen LogP contribution >= 0.6 is 0 Å². The molecule has 0 radical (unpaired) electrons. The summed E-state index contributed by atoms with van der Waals surface area (Å²) in [5, 5.41) is 3.27. The van der Waals surface area contributed by atoms with Gasteiger partial charge in [-0.1, -0.05) is 48.0 Å². The van der Waals surface area contributed by atoms with Gasteiger partial charge in [-0.25, -0.2) is 0 Å². The molecule has 2 amide bonds. The Bertz CT molecular complexity index is 810. The summed E-state index contributed by atoms with van der Waals surface area (Å²) in [7, 11) is 0. The van der Waals surface area contributed by atoms with Crippen molar-refractivity contribution in [1.29, 1.82) is 0 Å². The number of rotatable bonds is 4. The maximum Gasteiger partial charge on any atom is 0.227 e. The topological polar surface area (TPSA) is 49.4 Å². The van der Waals surface area contributed by atoms with Gasteiger partial charge in [0, 0.05) is 18.7 Å². The predicted octanol–water partition coefficient (Wildman–Crippen LogP) is 3.54. The van der Waals surface area contributed by atoms with Crippen LogP contribution in [0.5, 0.6) is 0 Å². The molecule has 1 saturated heterocycles. The first kappa shape index (κ1) is 16.8. The quantitative estimate of drug-likeness (QED) is 0.919. The van der Waals surface area contributed by atoms with E-state index >= 15 is 0 Å². The van der Waals surface area contributed by atoms with E-state index in [0.717, 1.165) is 30.5 Å². The average Bonchev–Trinajstić information content (AvgIpc) is 3.01. The number of carbonyl (C=O) groups excluding carboxylic acids is 2. The van der Waals surface area contributed by atoms with Gasteiger partial charge in [0.15, 0.2) is 0 Å². The summed E-state index contributed by atoms with van der Waals surface area (Å²) in [4.78, 5) is 27.1. The van der Waals surface area contributed by atoms with Gasteiger partial charge in [0.1, 0.15) is 0 Å². The fraction of sp³-hybridized carbons (Fsp3) is 0.364. The third kappa shape index (κ3) is 3.00. The monoisotopic (exact) mass is 348 g/mol. The molecule has 0 aromatic heterocycles. The third-order valence-electron chi connectivity index (χ3n) is 5.74. The van der Waals surface area contributed by atoms with Crippen LogP contribution in [-0.2, 0) is 15.1 Å². The molecule has 2 aromatic carbocycles. The molecule has 1 N–H and O–H groups in total. The molecular weight excluding hydrogens is 324 g/mol. The number of nitrogens with zero attached hydrogens (tertiary/aromatic N) is 1. The van der Waals surface area contributed by atoms with Crippen LogP contribution in [0.1, 0.15) is 36.8 Å². The SMILES string of the molecule is Cc1ccc(N2CC(C(=O)NC3(c4ccccc4)CCC3)CC2=O)cc1. The number of amides is 2. The minimum Gasteiger partial charge on any atom is -0.346 e. The average molecular weight is 348 g/mol. The van der Waals surface area contributed by atoms with Crippen molar-refractivity contribution in [3.63, 3.8) is 0 Å². The molecule has 1 aliphatic heterocycles. The van der Waals surface area contributed by atoms with E-state index in [1.54, 1.807) is 4.90 Å². The predicted molar refractivity (Wildman–Crippen MR) is 102 cm³/mol. The third-order valence-corrected chi connectivity index (χ3v) is 5.74. The molecule has 4 heteroatoms. The Hall–Kier alpha value is -2.62. The summed E-state index contributed by atoms with van der Waals surface area (Å²) < 4.78 is 0. The van der Waals surface area contributed by atoms with E-state index in [-0.39, 0.29) is 29.7 Å². The Morgan fingerprint density at radius 2 is 1.77 bits per heavy atom. The Labute approximate surface area is 154 Å². The van der Waals surface area contributed by atoms with Gasteiger partial charge in [-0.2, -0.15) is 0 Å². The molecule has 2 aliphatic rings. The lowest BCUT2D eigenvalue weighted by Crippen LogP contribution is -2.52. The Morgan fingerprint density at radius 1 is 1.08 bits per heavy atom. The van der Waals surface area contributed by atoms with E-state index in [0.29, 0.717) is 6.54 Å². The molecule has 4 nitrogen and oxygen atoms in total. The highest BCUT2D eigenvalue weighted by molar-refractivity contribution is 6.00. The van der Waals surface area contributed by atoms with Crippen LogP contribution in [0.4, 0.5) is 5.69 Å². The smallest absolute Gasteiger partial charge is 0.227 e. The van der Waals surface area contributed by atoms with Crippen molar-refractivity contribution >= 4 is 17.5 Å². The van der Waals surface area contributed by atoms with Crippen molar-refractivity contribution in [1.82, 2.24) is 5.32 Å². The number of aryl methyl sites for hydroxylation is 1. The number of benzene rings is 2. The molecule has 0 spiro atoms. The maximum atomic E-state index is 12.9. The van der Waals surface area contributed by atoms with Crippen molar-refractivity contribution in [2.45, 2.75) is 38.1 Å². The zero-order chi connectivity index (χ0) is 18.1. The Balaban J connectivity index is 1.47. The lowest BCUT2D eigenvalue weighted by molar-refractivity contribution is -0.129. The molecule has 1 heterocycles. The zero-order valence-corrected chi connectivity index (χ0v) is 15.1. The fourth-order valence-corrected chi connectivity index (χ4v) is 3.97. The minimum atomic E-state index is -0.287. The summed E-state index contributed by atoms with van der Waals surface area (Å²) in [5.74, 6) is -0.266. The van der Waals surface area contributed by atoms with Gasteiger partial charge >= 0.3 is 0 Å². The van der Waals surface area contributed by atoms with Gasteiger partial charge in [-0.3, -0.25) is 9.59 Å². The van der Waals surface area contributed by atoms with Gasteiger partial charge in [-0.05, 0) is 43.9 Å². The summed E-state index contributed by atoms with van der Waals surface area (Å²) in [6.07, 6.45) is 3.33. The number of carbonyl (C=O) groups is 2. The van der Waals surface area contributed by atoms with Crippen LogP contribution < -0.4 is 10.2 Å². The lowest BCUT2D eigenvalue weighted by atomic mass is 9.71. The first-order valence-electron chi connectivity index (χ1n) is 9.32. The van der Waals surface area contributed by atoms with E-state index in [2.05, 4.69) is 17.4 Å². The van der Waals surface area contributed by atoms with Crippen molar-refractivity contribution in [2.24, 2.45) is 5.92 Å². The highest BCUT2D eigenvalue weighted by atomic mass is 16.2. The number of hydrogen-bond acceptors (Lipinski definition) is 2. The normalized spacial score (nSPS) is 21.3. The van der Waals surface area contributed by atoms with E-state index in [4.69, 9.17) is 0 Å². The molecule has 1 unspecified atom stereocenters. The molecule has 2 fully saturated rings. The van der Waals surface area contributed by atoms with E-state index in [9.17, 15) is 9.59 Å². The van der Waals surface area contributed by atoms with Crippen LogP contribution in [0.15, 0.2) is 54.6 Å². The largest absolute Gasteiger partial charge is 0.346 e. The van der Waals surface area contributed by atoms with Crippen LogP contribution in [0.3, 0.4) is 0 Å². The minimum absolute atomic E-state index is 0.00323. The molecule has 1 atom stereocenters. The van der Waals surface area contributed by atoms with Crippen molar-refractivity contribution < 1.29 is 9.59 Å². The van der Waals surface area contributed by atoms with Crippen LogP contribution in [-0.4, -0.2) is 18.4 Å². The van der Waals surface area contributed by atoms with Crippen LogP contribution in [0.25, 0.3) is 0 Å². The molecule has 1 aliphatic carbocycles. The molecule has 1 saturated carbocycles. The molecule has 0 bridgehead atoms. The van der Waals surface area contributed by atoms with Crippen molar-refractivity contribution in [3.05, 3.63) is 65.7 Å². The second-order valence-electron chi connectivity index (χ2n) is 7.53. The van der Waals surface area contributed by atoms with E-state index in [1.165, 1.54) is 5.56 Å². The van der Waals surface area contributed by atoms with Crippen LogP contribution in [0, 0.1) is 12.8 Å². The summed E-state index contributed by atoms with van der Waals surface area (Å²) >= 11 is 0. The molecule has 134 valence electrons.